The summed E-state index contributed by atoms with van der Waals surface area (Å²) in [6.45, 7) is 4.80. The second-order valence-corrected chi connectivity index (χ2v) is 7.06. The first-order valence-electron chi connectivity index (χ1n) is 9.41. The molecule has 1 amide bonds. The largest absolute Gasteiger partial charge is 0.378 e. The molecule has 1 aromatic heterocycles. The predicted molar refractivity (Wildman–Crippen MR) is 113 cm³/mol. The maximum Gasteiger partial charge on any atom is 0.275 e. The summed E-state index contributed by atoms with van der Waals surface area (Å²) in [7, 11) is 3.99. The fourth-order valence-electron chi connectivity index (χ4n) is 3.24. The number of likely N-dealkylation sites (N-methyl/N-ethyl adjacent to an activating group) is 1. The van der Waals surface area contributed by atoms with Gasteiger partial charge in [0.1, 0.15) is 6.54 Å². The molecule has 0 atom stereocenters. The summed E-state index contributed by atoms with van der Waals surface area (Å²) in [6.07, 6.45) is 0. The molecule has 6 heteroatoms. The third-order valence-electron chi connectivity index (χ3n) is 4.90. The minimum Gasteiger partial charge on any atom is -0.378 e. The summed E-state index contributed by atoms with van der Waals surface area (Å²) in [5.41, 5.74) is 2.67. The highest BCUT2D eigenvalue weighted by Crippen LogP contribution is 2.15. The van der Waals surface area contributed by atoms with Gasteiger partial charge in [0.25, 0.3) is 5.56 Å². The van der Waals surface area contributed by atoms with Gasteiger partial charge in [-0.1, -0.05) is 30.3 Å². The van der Waals surface area contributed by atoms with E-state index >= 15 is 0 Å². The van der Waals surface area contributed by atoms with Crippen LogP contribution in [0.2, 0.25) is 0 Å². The van der Waals surface area contributed by atoms with E-state index in [-0.39, 0.29) is 18.0 Å². The number of anilines is 1. The maximum absolute atomic E-state index is 12.8. The van der Waals surface area contributed by atoms with Gasteiger partial charge >= 0.3 is 0 Å². The van der Waals surface area contributed by atoms with Crippen LogP contribution in [0.5, 0.6) is 0 Å². The molecule has 0 aliphatic rings. The fraction of sp³-hybridized carbons (Fsp3) is 0.318. The van der Waals surface area contributed by atoms with Crippen LogP contribution in [0.15, 0.2) is 53.3 Å². The van der Waals surface area contributed by atoms with Gasteiger partial charge in [-0.3, -0.25) is 9.59 Å². The lowest BCUT2D eigenvalue weighted by Crippen LogP contribution is -2.37. The third-order valence-corrected chi connectivity index (χ3v) is 4.90. The molecule has 0 aliphatic carbocycles. The second-order valence-electron chi connectivity index (χ2n) is 7.06. The Balaban J connectivity index is 1.80. The number of hydrogen-bond donors (Lipinski definition) is 0. The lowest BCUT2D eigenvalue weighted by atomic mass is 10.1. The third kappa shape index (κ3) is 4.06. The molecule has 0 fully saturated rings. The molecular weight excluding hydrogens is 352 g/mol. The van der Waals surface area contributed by atoms with E-state index < -0.39 is 0 Å². The number of aromatic nitrogens is 2. The average Bonchev–Trinajstić information content (AvgIpc) is 2.70. The first-order valence-corrected chi connectivity index (χ1v) is 9.41. The zero-order valence-electron chi connectivity index (χ0n) is 16.8. The van der Waals surface area contributed by atoms with E-state index in [9.17, 15) is 9.59 Å². The molecular formula is C22H26N4O2. The molecule has 3 rings (SSSR count). The Morgan fingerprint density at radius 3 is 2.29 bits per heavy atom. The molecule has 2 aromatic carbocycles. The van der Waals surface area contributed by atoms with Crippen molar-refractivity contribution in [2.45, 2.75) is 26.9 Å². The van der Waals surface area contributed by atoms with Crippen molar-refractivity contribution < 1.29 is 4.79 Å². The topological polar surface area (TPSA) is 58.4 Å². The summed E-state index contributed by atoms with van der Waals surface area (Å²) in [5, 5.41) is 5.76. The molecule has 146 valence electrons. The standard InChI is InChI=1S/C22H26N4O2/c1-5-25(14-17-10-12-18(13-11-17)24(3)4)21(27)15-26-22(28)20-9-7-6-8-19(20)16(2)23-26/h6-13H,5,14-15H2,1-4H3. The van der Waals surface area contributed by atoms with Crippen LogP contribution in [-0.4, -0.2) is 41.2 Å². The Kier molecular flexibility index (Phi) is 5.78. The van der Waals surface area contributed by atoms with Crippen molar-refractivity contribution in [1.29, 1.82) is 0 Å². The van der Waals surface area contributed by atoms with E-state index in [4.69, 9.17) is 0 Å². The van der Waals surface area contributed by atoms with Crippen LogP contribution in [-0.2, 0) is 17.9 Å². The molecule has 0 radical (unpaired) electrons. The average molecular weight is 378 g/mol. The number of amides is 1. The minimum atomic E-state index is -0.235. The summed E-state index contributed by atoms with van der Waals surface area (Å²) < 4.78 is 1.28. The van der Waals surface area contributed by atoms with Crippen LogP contribution in [0.4, 0.5) is 5.69 Å². The Morgan fingerprint density at radius 2 is 1.68 bits per heavy atom. The van der Waals surface area contributed by atoms with Crippen LogP contribution >= 0.6 is 0 Å². The Labute approximate surface area is 165 Å². The van der Waals surface area contributed by atoms with Gasteiger partial charge in [0, 0.05) is 38.3 Å². The highest BCUT2D eigenvalue weighted by atomic mass is 16.2. The number of carbonyl (C=O) groups excluding carboxylic acids is 1. The van der Waals surface area contributed by atoms with Crippen molar-refractivity contribution in [1.82, 2.24) is 14.7 Å². The SMILES string of the molecule is CCN(Cc1ccc(N(C)C)cc1)C(=O)Cn1nc(C)c2ccccc2c1=O. The zero-order chi connectivity index (χ0) is 20.3. The van der Waals surface area contributed by atoms with Gasteiger partial charge in [-0.15, -0.1) is 0 Å². The van der Waals surface area contributed by atoms with E-state index in [0.29, 0.717) is 18.5 Å². The summed E-state index contributed by atoms with van der Waals surface area (Å²) in [5.74, 6) is -0.122. The molecule has 1 heterocycles. The van der Waals surface area contributed by atoms with Gasteiger partial charge in [0.2, 0.25) is 5.91 Å². The van der Waals surface area contributed by atoms with E-state index in [1.54, 1.807) is 11.0 Å². The highest BCUT2D eigenvalue weighted by molar-refractivity contribution is 5.83. The predicted octanol–water partition coefficient (Wildman–Crippen LogP) is 2.82. The molecule has 6 nitrogen and oxygen atoms in total. The van der Waals surface area contributed by atoms with Crippen molar-refractivity contribution in [3.05, 3.63) is 70.1 Å². The number of nitrogens with zero attached hydrogens (tertiary/aromatic N) is 4. The molecule has 0 unspecified atom stereocenters. The molecule has 0 bridgehead atoms. The van der Waals surface area contributed by atoms with Gasteiger partial charge in [-0.2, -0.15) is 5.10 Å². The van der Waals surface area contributed by atoms with E-state index in [2.05, 4.69) is 5.10 Å². The van der Waals surface area contributed by atoms with Crippen LogP contribution in [0, 0.1) is 6.92 Å². The highest BCUT2D eigenvalue weighted by Gasteiger charge is 2.16. The van der Waals surface area contributed by atoms with Gasteiger partial charge < -0.3 is 9.80 Å². The quantitative estimate of drug-likeness (QED) is 0.662. The molecule has 3 aromatic rings. The maximum atomic E-state index is 12.8. The number of aryl methyl sites for hydroxylation is 1. The molecule has 0 aliphatic heterocycles. The van der Waals surface area contributed by atoms with E-state index in [0.717, 1.165) is 22.3 Å². The summed E-state index contributed by atoms with van der Waals surface area (Å²) >= 11 is 0. The van der Waals surface area contributed by atoms with Crippen LogP contribution in [0.1, 0.15) is 18.2 Å². The zero-order valence-corrected chi connectivity index (χ0v) is 16.8. The Hall–Kier alpha value is -3.15. The number of benzene rings is 2. The number of hydrogen-bond acceptors (Lipinski definition) is 4. The molecule has 28 heavy (non-hydrogen) atoms. The van der Waals surface area contributed by atoms with Gasteiger partial charge in [-0.25, -0.2) is 4.68 Å². The second kappa shape index (κ2) is 8.25. The molecule has 0 spiro atoms. The number of rotatable bonds is 6. The lowest BCUT2D eigenvalue weighted by Gasteiger charge is -2.22. The summed E-state index contributed by atoms with van der Waals surface area (Å²) in [4.78, 5) is 29.3. The molecule has 0 saturated carbocycles. The van der Waals surface area contributed by atoms with Crippen molar-refractivity contribution in [2.24, 2.45) is 0 Å². The Bertz CT molecular complexity index is 1040. The summed E-state index contributed by atoms with van der Waals surface area (Å²) in [6, 6.07) is 15.5. The van der Waals surface area contributed by atoms with Crippen molar-refractivity contribution in [3.63, 3.8) is 0 Å². The first-order chi connectivity index (χ1) is 13.4. The minimum absolute atomic E-state index is 0.0614. The van der Waals surface area contributed by atoms with Gasteiger partial charge in [-0.05, 0) is 37.6 Å². The fourth-order valence-corrected chi connectivity index (χ4v) is 3.24. The Morgan fingerprint density at radius 1 is 1.04 bits per heavy atom. The van der Waals surface area contributed by atoms with Crippen LogP contribution < -0.4 is 10.5 Å². The smallest absolute Gasteiger partial charge is 0.275 e. The van der Waals surface area contributed by atoms with Gasteiger partial charge in [0.05, 0.1) is 11.1 Å². The monoisotopic (exact) mass is 378 g/mol. The van der Waals surface area contributed by atoms with Crippen molar-refractivity contribution >= 4 is 22.4 Å². The number of fused-ring (bicyclic) bond motifs is 1. The molecule has 0 saturated heterocycles. The lowest BCUT2D eigenvalue weighted by molar-refractivity contribution is -0.132. The molecule has 0 N–H and O–H groups in total. The van der Waals surface area contributed by atoms with E-state index in [1.807, 2.05) is 75.3 Å². The van der Waals surface area contributed by atoms with Crippen molar-refractivity contribution in [3.8, 4) is 0 Å². The first kappa shape index (κ1) is 19.6. The van der Waals surface area contributed by atoms with Crippen molar-refractivity contribution in [2.75, 3.05) is 25.5 Å². The van der Waals surface area contributed by atoms with Gasteiger partial charge in [0.15, 0.2) is 0 Å². The normalized spacial score (nSPS) is 10.9. The number of carbonyl (C=O) groups is 1. The van der Waals surface area contributed by atoms with Crippen LogP contribution in [0.25, 0.3) is 10.8 Å². The van der Waals surface area contributed by atoms with E-state index in [1.165, 1.54) is 4.68 Å². The van der Waals surface area contributed by atoms with Crippen LogP contribution in [0.3, 0.4) is 0 Å².